The molecule has 6 nitrogen and oxygen atoms in total. The number of amides is 1. The quantitative estimate of drug-likeness (QED) is 0.496. The number of carbonyl (C=O) groups is 2. The molecular weight excluding hydrogens is 423 g/mol. The Morgan fingerprint density at radius 3 is 2.50 bits per heavy atom. The second kappa shape index (κ2) is 8.43. The molecule has 3 N–H and O–H groups in total. The van der Waals surface area contributed by atoms with Crippen LogP contribution < -0.4 is 10.6 Å². The number of hydrogen-bond donors (Lipinski definition) is 3. The fourth-order valence-corrected chi connectivity index (χ4v) is 3.01. The molecular formula is C19H12Cl2N2O4S. The van der Waals surface area contributed by atoms with E-state index in [-0.39, 0.29) is 21.5 Å². The Labute approximate surface area is 175 Å². The normalized spacial score (nSPS) is 10.4. The van der Waals surface area contributed by atoms with Crippen LogP contribution in [0.3, 0.4) is 0 Å². The summed E-state index contributed by atoms with van der Waals surface area (Å²) in [5.74, 6) is -1.12. The van der Waals surface area contributed by atoms with E-state index < -0.39 is 11.9 Å². The van der Waals surface area contributed by atoms with Crippen LogP contribution in [0.2, 0.25) is 10.0 Å². The molecule has 1 heterocycles. The van der Waals surface area contributed by atoms with Crippen molar-refractivity contribution >= 4 is 58.1 Å². The minimum absolute atomic E-state index is 0.00449. The number of anilines is 1. The molecule has 0 aliphatic carbocycles. The van der Waals surface area contributed by atoms with Crippen molar-refractivity contribution in [3.63, 3.8) is 0 Å². The maximum absolute atomic E-state index is 12.3. The topological polar surface area (TPSA) is 91.6 Å². The van der Waals surface area contributed by atoms with Crippen LogP contribution in [0.4, 0.5) is 5.69 Å². The summed E-state index contributed by atoms with van der Waals surface area (Å²) in [5.41, 5.74) is 1.13. The fraction of sp³-hybridized carbons (Fsp3) is 0. The van der Waals surface area contributed by atoms with Gasteiger partial charge in [0.15, 0.2) is 10.9 Å². The number of carboxylic acids is 1. The minimum atomic E-state index is -1.14. The number of rotatable bonds is 4. The highest BCUT2D eigenvalue weighted by Gasteiger charge is 2.15. The molecule has 0 unspecified atom stereocenters. The van der Waals surface area contributed by atoms with Crippen molar-refractivity contribution in [3.8, 4) is 11.3 Å². The van der Waals surface area contributed by atoms with Crippen molar-refractivity contribution in [3.05, 3.63) is 76.0 Å². The molecule has 3 aromatic rings. The van der Waals surface area contributed by atoms with Gasteiger partial charge in [-0.1, -0.05) is 35.3 Å². The Bertz CT molecular complexity index is 1080. The first kappa shape index (κ1) is 19.9. The Balaban J connectivity index is 1.66. The largest absolute Gasteiger partial charge is 0.478 e. The maximum atomic E-state index is 12.3. The number of nitrogens with one attached hydrogen (secondary N) is 2. The summed E-state index contributed by atoms with van der Waals surface area (Å²) in [6.07, 6.45) is 0. The number of thiocarbonyl (C=S) groups is 1. The van der Waals surface area contributed by atoms with Crippen LogP contribution in [0.25, 0.3) is 11.3 Å². The number of benzene rings is 2. The van der Waals surface area contributed by atoms with Gasteiger partial charge in [-0.2, -0.15) is 0 Å². The number of furan rings is 1. The predicted octanol–water partition coefficient (Wildman–Crippen LogP) is 5.08. The molecule has 0 bridgehead atoms. The average molecular weight is 435 g/mol. The SMILES string of the molecule is O=C(NC(=S)Nc1ccc(C(=O)O)c(Cl)c1)c1ccc(-c2cccc(Cl)c2)o1. The highest BCUT2D eigenvalue weighted by molar-refractivity contribution is 7.80. The number of aromatic carboxylic acids is 1. The van der Waals surface area contributed by atoms with Gasteiger partial charge in [-0.15, -0.1) is 0 Å². The van der Waals surface area contributed by atoms with Gasteiger partial charge in [0.2, 0.25) is 0 Å². The van der Waals surface area contributed by atoms with E-state index in [4.69, 9.17) is 44.9 Å². The zero-order chi connectivity index (χ0) is 20.3. The first-order valence-electron chi connectivity index (χ1n) is 7.84. The standard InChI is InChI=1S/C19H12Cl2N2O4S/c20-11-3-1-2-10(8-11)15-6-7-16(27-15)17(24)23-19(28)22-12-4-5-13(18(25)26)14(21)9-12/h1-9H,(H,25,26)(H2,22,23,24,28). The van der Waals surface area contributed by atoms with E-state index >= 15 is 0 Å². The van der Waals surface area contributed by atoms with Crippen molar-refractivity contribution in [1.29, 1.82) is 0 Å². The maximum Gasteiger partial charge on any atom is 0.337 e. The fourth-order valence-electron chi connectivity index (χ4n) is 2.35. The van der Waals surface area contributed by atoms with Crippen LogP contribution in [0.1, 0.15) is 20.9 Å². The average Bonchev–Trinajstić information content (AvgIpc) is 3.11. The van der Waals surface area contributed by atoms with Gasteiger partial charge in [-0.05, 0) is 54.7 Å². The van der Waals surface area contributed by atoms with Crippen molar-refractivity contribution < 1.29 is 19.1 Å². The first-order valence-corrected chi connectivity index (χ1v) is 9.01. The van der Waals surface area contributed by atoms with E-state index in [0.29, 0.717) is 16.5 Å². The lowest BCUT2D eigenvalue weighted by atomic mass is 10.2. The minimum Gasteiger partial charge on any atom is -0.478 e. The Hall–Kier alpha value is -2.87. The molecule has 1 aromatic heterocycles. The molecule has 0 saturated heterocycles. The first-order chi connectivity index (χ1) is 13.3. The Morgan fingerprint density at radius 1 is 1.04 bits per heavy atom. The van der Waals surface area contributed by atoms with Crippen molar-refractivity contribution in [2.75, 3.05) is 5.32 Å². The van der Waals surface area contributed by atoms with Crippen molar-refractivity contribution in [2.24, 2.45) is 0 Å². The predicted molar refractivity (Wildman–Crippen MR) is 111 cm³/mol. The summed E-state index contributed by atoms with van der Waals surface area (Å²) in [7, 11) is 0. The van der Waals surface area contributed by atoms with Crippen LogP contribution in [0.5, 0.6) is 0 Å². The summed E-state index contributed by atoms with van der Waals surface area (Å²) >= 11 is 17.0. The lowest BCUT2D eigenvalue weighted by molar-refractivity contribution is 0.0697. The van der Waals surface area contributed by atoms with E-state index in [1.807, 2.05) is 6.07 Å². The zero-order valence-electron chi connectivity index (χ0n) is 14.0. The zero-order valence-corrected chi connectivity index (χ0v) is 16.4. The van der Waals surface area contributed by atoms with E-state index in [1.54, 1.807) is 24.3 Å². The molecule has 1 amide bonds. The molecule has 2 aromatic carbocycles. The van der Waals surface area contributed by atoms with Crippen molar-refractivity contribution in [1.82, 2.24) is 5.32 Å². The summed E-state index contributed by atoms with van der Waals surface area (Å²) in [6.45, 7) is 0. The summed E-state index contributed by atoms with van der Waals surface area (Å²) < 4.78 is 5.55. The van der Waals surface area contributed by atoms with Gasteiger partial charge in [0.25, 0.3) is 5.91 Å². The van der Waals surface area contributed by atoms with Crippen LogP contribution in [-0.2, 0) is 0 Å². The monoisotopic (exact) mass is 434 g/mol. The second-order valence-electron chi connectivity index (χ2n) is 5.58. The molecule has 0 spiro atoms. The lowest BCUT2D eigenvalue weighted by Crippen LogP contribution is -2.33. The Kier molecular flexibility index (Phi) is 5.99. The van der Waals surface area contributed by atoms with Crippen LogP contribution in [0, 0.1) is 0 Å². The molecule has 0 saturated carbocycles. The molecule has 0 fully saturated rings. The lowest BCUT2D eigenvalue weighted by Gasteiger charge is -2.09. The Morgan fingerprint density at radius 2 is 1.82 bits per heavy atom. The number of carboxylic acid groups (broad SMARTS) is 1. The summed E-state index contributed by atoms with van der Waals surface area (Å²) in [5, 5.41) is 14.8. The molecule has 0 aliphatic rings. The van der Waals surface area contributed by atoms with Crippen molar-refractivity contribution in [2.45, 2.75) is 0 Å². The smallest absolute Gasteiger partial charge is 0.337 e. The third-order valence-electron chi connectivity index (χ3n) is 3.62. The summed E-state index contributed by atoms with van der Waals surface area (Å²) in [6, 6.07) is 14.4. The third kappa shape index (κ3) is 4.69. The van der Waals surface area contributed by atoms with Crippen LogP contribution in [0.15, 0.2) is 59.0 Å². The molecule has 142 valence electrons. The van der Waals surface area contributed by atoms with E-state index in [2.05, 4.69) is 10.6 Å². The van der Waals surface area contributed by atoms with Gasteiger partial charge in [-0.3, -0.25) is 10.1 Å². The van der Waals surface area contributed by atoms with E-state index in [0.717, 1.165) is 5.56 Å². The number of halogens is 2. The van der Waals surface area contributed by atoms with Gasteiger partial charge >= 0.3 is 5.97 Å². The second-order valence-corrected chi connectivity index (χ2v) is 6.83. The van der Waals surface area contributed by atoms with E-state index in [9.17, 15) is 9.59 Å². The van der Waals surface area contributed by atoms with Gasteiger partial charge in [-0.25, -0.2) is 4.79 Å². The third-order valence-corrected chi connectivity index (χ3v) is 4.38. The van der Waals surface area contributed by atoms with Gasteiger partial charge < -0.3 is 14.8 Å². The van der Waals surface area contributed by atoms with Gasteiger partial charge in [0.05, 0.1) is 10.6 Å². The van der Waals surface area contributed by atoms with Crippen LogP contribution in [-0.4, -0.2) is 22.1 Å². The molecule has 9 heteroatoms. The van der Waals surface area contributed by atoms with E-state index in [1.165, 1.54) is 24.3 Å². The molecule has 0 atom stereocenters. The molecule has 0 aliphatic heterocycles. The highest BCUT2D eigenvalue weighted by atomic mass is 35.5. The molecule has 28 heavy (non-hydrogen) atoms. The number of hydrogen-bond acceptors (Lipinski definition) is 4. The van der Waals surface area contributed by atoms with Gasteiger partial charge in [0.1, 0.15) is 5.76 Å². The van der Waals surface area contributed by atoms with Crippen LogP contribution >= 0.6 is 35.4 Å². The molecule has 0 radical (unpaired) electrons. The number of carbonyl (C=O) groups excluding carboxylic acids is 1. The summed E-state index contributed by atoms with van der Waals surface area (Å²) in [4.78, 5) is 23.3. The molecule has 3 rings (SSSR count). The highest BCUT2D eigenvalue weighted by Crippen LogP contribution is 2.25. The van der Waals surface area contributed by atoms with Gasteiger partial charge in [0, 0.05) is 16.3 Å².